The SMILES string of the molecule is COc1cn(CCC2=CCCC2)c(C(=O)O)cc1=O. The number of aromatic nitrogens is 1. The average Bonchev–Trinajstić information content (AvgIpc) is 2.89. The number of carbonyl (C=O) groups is 1. The molecular weight excluding hydrogens is 246 g/mol. The van der Waals surface area contributed by atoms with Crippen molar-refractivity contribution in [3.8, 4) is 5.75 Å². The predicted octanol–water partition coefficient (Wildman–Crippen LogP) is 2.06. The molecule has 0 aromatic carbocycles. The molecule has 0 aliphatic heterocycles. The van der Waals surface area contributed by atoms with E-state index in [2.05, 4.69) is 6.08 Å². The van der Waals surface area contributed by atoms with Gasteiger partial charge in [0.25, 0.3) is 0 Å². The Morgan fingerprint density at radius 3 is 2.89 bits per heavy atom. The second-order valence-corrected chi connectivity index (χ2v) is 4.59. The monoisotopic (exact) mass is 263 g/mol. The smallest absolute Gasteiger partial charge is 0.352 e. The normalized spacial score (nSPS) is 14.3. The van der Waals surface area contributed by atoms with Crippen LogP contribution in [-0.2, 0) is 6.54 Å². The number of rotatable bonds is 5. The Labute approximate surface area is 111 Å². The van der Waals surface area contributed by atoms with E-state index in [0.717, 1.165) is 25.3 Å². The first-order valence-corrected chi connectivity index (χ1v) is 6.31. The van der Waals surface area contributed by atoms with E-state index in [-0.39, 0.29) is 11.4 Å². The van der Waals surface area contributed by atoms with E-state index in [0.29, 0.717) is 6.54 Å². The maximum absolute atomic E-state index is 11.6. The Morgan fingerprint density at radius 1 is 1.53 bits per heavy atom. The molecule has 0 unspecified atom stereocenters. The lowest BCUT2D eigenvalue weighted by atomic mass is 10.1. The van der Waals surface area contributed by atoms with Crippen molar-refractivity contribution < 1.29 is 14.6 Å². The zero-order valence-electron chi connectivity index (χ0n) is 10.9. The van der Waals surface area contributed by atoms with Gasteiger partial charge < -0.3 is 14.4 Å². The highest BCUT2D eigenvalue weighted by Crippen LogP contribution is 2.21. The van der Waals surface area contributed by atoms with Crippen molar-refractivity contribution >= 4 is 5.97 Å². The summed E-state index contributed by atoms with van der Waals surface area (Å²) in [6, 6.07) is 1.12. The molecule has 2 rings (SSSR count). The second kappa shape index (κ2) is 5.73. The minimum Gasteiger partial charge on any atom is -0.491 e. The number of aromatic carboxylic acids is 1. The van der Waals surface area contributed by atoms with E-state index in [9.17, 15) is 9.59 Å². The number of carboxylic acids is 1. The number of carboxylic acid groups (broad SMARTS) is 1. The van der Waals surface area contributed by atoms with E-state index >= 15 is 0 Å². The number of ether oxygens (including phenoxy) is 1. The molecule has 0 atom stereocenters. The van der Waals surface area contributed by atoms with Gasteiger partial charge in [-0.3, -0.25) is 4.79 Å². The molecule has 1 N–H and O–H groups in total. The fourth-order valence-corrected chi connectivity index (χ4v) is 2.30. The van der Waals surface area contributed by atoms with Crippen LogP contribution in [-0.4, -0.2) is 22.8 Å². The Morgan fingerprint density at radius 2 is 2.32 bits per heavy atom. The Balaban J connectivity index is 2.25. The third kappa shape index (κ3) is 3.05. The number of methoxy groups -OCH3 is 1. The van der Waals surface area contributed by atoms with E-state index in [4.69, 9.17) is 9.84 Å². The highest BCUT2D eigenvalue weighted by atomic mass is 16.5. The molecule has 1 aromatic rings. The average molecular weight is 263 g/mol. The highest BCUT2D eigenvalue weighted by molar-refractivity contribution is 5.85. The molecule has 1 heterocycles. The number of hydrogen-bond acceptors (Lipinski definition) is 3. The van der Waals surface area contributed by atoms with Crippen molar-refractivity contribution in [1.29, 1.82) is 0 Å². The fraction of sp³-hybridized carbons (Fsp3) is 0.429. The van der Waals surface area contributed by atoms with Crippen LogP contribution in [0.15, 0.2) is 28.7 Å². The third-order valence-electron chi connectivity index (χ3n) is 3.34. The van der Waals surface area contributed by atoms with Gasteiger partial charge in [-0.25, -0.2) is 4.79 Å². The Kier molecular flexibility index (Phi) is 4.04. The number of aryl methyl sites for hydroxylation is 1. The number of allylic oxidation sites excluding steroid dienone is 2. The quantitative estimate of drug-likeness (QED) is 0.825. The molecule has 0 fully saturated rings. The molecule has 0 bridgehead atoms. The minimum atomic E-state index is -1.10. The van der Waals surface area contributed by atoms with E-state index in [1.165, 1.54) is 25.3 Å². The van der Waals surface area contributed by atoms with Gasteiger partial charge in [-0.15, -0.1) is 0 Å². The number of pyridine rings is 1. The lowest BCUT2D eigenvalue weighted by Crippen LogP contribution is -2.18. The van der Waals surface area contributed by atoms with Crippen LogP contribution in [0.4, 0.5) is 0 Å². The van der Waals surface area contributed by atoms with Gasteiger partial charge in [-0.05, 0) is 25.7 Å². The van der Waals surface area contributed by atoms with Crippen LogP contribution in [0.25, 0.3) is 0 Å². The van der Waals surface area contributed by atoms with Gasteiger partial charge in [0.05, 0.1) is 13.3 Å². The molecule has 1 aliphatic rings. The molecule has 19 heavy (non-hydrogen) atoms. The molecule has 5 heteroatoms. The van der Waals surface area contributed by atoms with Crippen molar-refractivity contribution in [2.45, 2.75) is 32.2 Å². The molecule has 5 nitrogen and oxygen atoms in total. The van der Waals surface area contributed by atoms with E-state index in [1.807, 2.05) is 0 Å². The summed E-state index contributed by atoms with van der Waals surface area (Å²) in [5.74, 6) is -0.925. The van der Waals surface area contributed by atoms with Crippen LogP contribution in [0.5, 0.6) is 5.75 Å². The lowest BCUT2D eigenvalue weighted by Gasteiger charge is -2.12. The summed E-state index contributed by atoms with van der Waals surface area (Å²) in [6.45, 7) is 0.546. The van der Waals surface area contributed by atoms with Gasteiger partial charge in [0.1, 0.15) is 5.69 Å². The van der Waals surface area contributed by atoms with Crippen LogP contribution in [0, 0.1) is 0 Å². The van der Waals surface area contributed by atoms with Gasteiger partial charge in [-0.2, -0.15) is 0 Å². The standard InChI is InChI=1S/C14H17NO4/c1-19-13-9-15(7-6-10-4-2-3-5-10)11(14(17)18)8-12(13)16/h4,8-9H,2-3,5-7H2,1H3,(H,17,18). The summed E-state index contributed by atoms with van der Waals surface area (Å²) >= 11 is 0. The van der Waals surface area contributed by atoms with Crippen molar-refractivity contribution in [3.05, 3.63) is 39.8 Å². The van der Waals surface area contributed by atoms with E-state index < -0.39 is 11.4 Å². The third-order valence-corrected chi connectivity index (χ3v) is 3.34. The zero-order valence-corrected chi connectivity index (χ0v) is 10.9. The van der Waals surface area contributed by atoms with Crippen molar-refractivity contribution in [2.75, 3.05) is 7.11 Å². The van der Waals surface area contributed by atoms with E-state index in [1.54, 1.807) is 4.57 Å². The second-order valence-electron chi connectivity index (χ2n) is 4.59. The maximum atomic E-state index is 11.6. The van der Waals surface area contributed by atoms with Gasteiger partial charge in [-0.1, -0.05) is 11.6 Å². The first-order valence-electron chi connectivity index (χ1n) is 6.31. The molecule has 0 spiro atoms. The van der Waals surface area contributed by atoms with Crippen molar-refractivity contribution in [2.24, 2.45) is 0 Å². The largest absolute Gasteiger partial charge is 0.491 e. The fourth-order valence-electron chi connectivity index (χ4n) is 2.30. The van der Waals surface area contributed by atoms with Gasteiger partial charge in [0.2, 0.25) is 5.43 Å². The van der Waals surface area contributed by atoms with Gasteiger partial charge in [0.15, 0.2) is 5.75 Å². The summed E-state index contributed by atoms with van der Waals surface area (Å²) in [5.41, 5.74) is 0.953. The summed E-state index contributed by atoms with van der Waals surface area (Å²) < 4.78 is 6.52. The zero-order chi connectivity index (χ0) is 13.8. The minimum absolute atomic E-state index is 0.00407. The number of hydrogen-bond donors (Lipinski definition) is 1. The molecule has 0 radical (unpaired) electrons. The van der Waals surface area contributed by atoms with Crippen LogP contribution in [0.3, 0.4) is 0 Å². The molecule has 102 valence electrons. The first-order chi connectivity index (χ1) is 9.11. The van der Waals surface area contributed by atoms with Crippen molar-refractivity contribution in [3.63, 3.8) is 0 Å². The van der Waals surface area contributed by atoms with Crippen molar-refractivity contribution in [1.82, 2.24) is 4.57 Å². The summed E-state index contributed by atoms with van der Waals surface area (Å²) in [7, 11) is 1.40. The highest BCUT2D eigenvalue weighted by Gasteiger charge is 2.13. The van der Waals surface area contributed by atoms with Crippen LogP contribution in [0.1, 0.15) is 36.2 Å². The molecule has 1 aromatic heterocycles. The lowest BCUT2D eigenvalue weighted by molar-refractivity contribution is 0.0683. The molecule has 0 saturated heterocycles. The summed E-state index contributed by atoms with van der Waals surface area (Å²) in [6.07, 6.45) is 7.86. The maximum Gasteiger partial charge on any atom is 0.352 e. The first kappa shape index (κ1) is 13.4. The Bertz CT molecular complexity index is 571. The van der Waals surface area contributed by atoms with Crippen LogP contribution < -0.4 is 10.2 Å². The van der Waals surface area contributed by atoms with Crippen LogP contribution in [0.2, 0.25) is 0 Å². The predicted molar refractivity (Wildman–Crippen MR) is 70.8 cm³/mol. The molecule has 1 aliphatic carbocycles. The van der Waals surface area contributed by atoms with Crippen LogP contribution >= 0.6 is 0 Å². The van der Waals surface area contributed by atoms with Gasteiger partial charge in [0, 0.05) is 12.6 Å². The molecule has 0 amide bonds. The summed E-state index contributed by atoms with van der Waals surface area (Å²) in [5, 5.41) is 9.13. The Hall–Kier alpha value is -2.04. The topological polar surface area (TPSA) is 68.5 Å². The molecular formula is C14H17NO4. The number of nitrogens with zero attached hydrogens (tertiary/aromatic N) is 1. The molecule has 0 saturated carbocycles. The summed E-state index contributed by atoms with van der Waals surface area (Å²) in [4.78, 5) is 22.7. The van der Waals surface area contributed by atoms with Gasteiger partial charge >= 0.3 is 5.97 Å².